The second kappa shape index (κ2) is 5.02. The molecule has 0 bridgehead atoms. The van der Waals surface area contributed by atoms with E-state index in [4.69, 9.17) is 9.11 Å². The van der Waals surface area contributed by atoms with Crippen LogP contribution in [0.3, 0.4) is 0 Å². The fourth-order valence-electron chi connectivity index (χ4n) is 1.76. The second-order valence-corrected chi connectivity index (χ2v) is 6.91. The van der Waals surface area contributed by atoms with Gasteiger partial charge in [0.1, 0.15) is 10.8 Å². The van der Waals surface area contributed by atoms with Crippen LogP contribution >= 0.6 is 0 Å². The van der Waals surface area contributed by atoms with Crippen LogP contribution in [0.1, 0.15) is 0 Å². The zero-order valence-corrected chi connectivity index (χ0v) is 11.6. The lowest BCUT2D eigenvalue weighted by Crippen LogP contribution is -2.12. The van der Waals surface area contributed by atoms with E-state index in [1.54, 1.807) is 6.07 Å². The van der Waals surface area contributed by atoms with E-state index in [0.29, 0.717) is 16.5 Å². The van der Waals surface area contributed by atoms with Gasteiger partial charge in [0.15, 0.2) is 0 Å². The molecule has 0 spiro atoms. The minimum Gasteiger partial charge on any atom is -0.370 e. The van der Waals surface area contributed by atoms with Crippen LogP contribution in [-0.2, 0) is 20.2 Å². The van der Waals surface area contributed by atoms with E-state index < -0.39 is 26.1 Å². The van der Waals surface area contributed by atoms with Gasteiger partial charge in [-0.15, -0.1) is 0 Å². The summed E-state index contributed by atoms with van der Waals surface area (Å²) in [5.41, 5.74) is 0.391. The molecule has 0 saturated heterocycles. The van der Waals surface area contributed by atoms with Crippen molar-refractivity contribution in [1.29, 1.82) is 0 Å². The predicted octanol–water partition coefficient (Wildman–Crippen LogP) is 1.34. The average molecular weight is 317 g/mol. The van der Waals surface area contributed by atoms with Gasteiger partial charge in [0, 0.05) is 11.1 Å². The van der Waals surface area contributed by atoms with E-state index >= 15 is 0 Å². The van der Waals surface area contributed by atoms with Crippen LogP contribution in [0.5, 0.6) is 0 Å². The van der Waals surface area contributed by atoms with Crippen molar-refractivity contribution in [2.75, 3.05) is 11.2 Å². The van der Waals surface area contributed by atoms with Gasteiger partial charge in [0.2, 0.25) is 0 Å². The molecule has 20 heavy (non-hydrogen) atoms. The topological polar surface area (TPSA) is 121 Å². The fraction of sp³-hybridized carbons (Fsp3) is 0.0909. The normalized spacial score (nSPS) is 12.5. The zero-order valence-electron chi connectivity index (χ0n) is 10.0. The molecule has 0 saturated carbocycles. The Bertz CT molecular complexity index is 858. The first-order valence-corrected chi connectivity index (χ1v) is 8.41. The molecule has 0 fully saturated rings. The lowest BCUT2D eigenvalue weighted by Gasteiger charge is -2.08. The van der Waals surface area contributed by atoms with Gasteiger partial charge >= 0.3 is 0 Å². The van der Waals surface area contributed by atoms with Crippen molar-refractivity contribution in [3.05, 3.63) is 36.4 Å². The third-order valence-electron chi connectivity index (χ3n) is 2.58. The number of hydrogen-bond acceptors (Lipinski definition) is 5. The highest BCUT2D eigenvalue weighted by molar-refractivity contribution is 7.86. The van der Waals surface area contributed by atoms with Gasteiger partial charge in [0.25, 0.3) is 20.2 Å². The number of hydrogen-bond donors (Lipinski definition) is 3. The SMILES string of the molecule is O=S(=O)(O)CNc1ccc2c(S(=O)(=O)O)cccc2c1. The molecule has 0 aliphatic rings. The van der Waals surface area contributed by atoms with Gasteiger partial charge in [0.05, 0.1) is 0 Å². The summed E-state index contributed by atoms with van der Waals surface area (Å²) in [6.07, 6.45) is 0. The molecular weight excluding hydrogens is 306 g/mol. The number of nitrogens with one attached hydrogen (secondary N) is 1. The molecule has 108 valence electrons. The van der Waals surface area contributed by atoms with E-state index in [9.17, 15) is 16.8 Å². The quantitative estimate of drug-likeness (QED) is 0.728. The van der Waals surface area contributed by atoms with Crippen molar-refractivity contribution in [3.8, 4) is 0 Å². The fourth-order valence-corrected chi connectivity index (χ4v) is 2.83. The van der Waals surface area contributed by atoms with Gasteiger partial charge in [-0.05, 0) is 23.6 Å². The molecular formula is C11H11NO6S2. The standard InChI is InChI=1S/C11H11NO6S2/c13-19(14,15)7-12-9-4-5-10-8(6-9)2-1-3-11(10)20(16,17)18/h1-6,12H,7H2,(H,13,14,15)(H,16,17,18). The van der Waals surface area contributed by atoms with E-state index in [-0.39, 0.29) is 4.90 Å². The molecule has 0 aliphatic carbocycles. The number of rotatable bonds is 4. The molecule has 0 amide bonds. The summed E-state index contributed by atoms with van der Waals surface area (Å²) in [4.78, 5) is -0.226. The Morgan fingerprint density at radius 2 is 1.70 bits per heavy atom. The van der Waals surface area contributed by atoms with E-state index in [1.165, 1.54) is 30.3 Å². The maximum absolute atomic E-state index is 11.2. The number of fused-ring (bicyclic) bond motifs is 1. The van der Waals surface area contributed by atoms with Crippen LogP contribution < -0.4 is 5.32 Å². The summed E-state index contributed by atoms with van der Waals surface area (Å²) in [6, 6.07) is 8.73. The molecule has 0 aliphatic heterocycles. The van der Waals surface area contributed by atoms with Crippen molar-refractivity contribution in [2.45, 2.75) is 4.90 Å². The first-order valence-electron chi connectivity index (χ1n) is 5.36. The average Bonchev–Trinajstić information content (AvgIpc) is 2.33. The molecule has 0 heterocycles. The van der Waals surface area contributed by atoms with Gasteiger partial charge in [-0.2, -0.15) is 16.8 Å². The van der Waals surface area contributed by atoms with Crippen LogP contribution in [0.2, 0.25) is 0 Å². The van der Waals surface area contributed by atoms with Crippen LogP contribution in [0.15, 0.2) is 41.3 Å². The van der Waals surface area contributed by atoms with E-state index in [1.807, 2.05) is 0 Å². The maximum atomic E-state index is 11.2. The Balaban J connectivity index is 2.47. The predicted molar refractivity (Wildman–Crippen MR) is 73.8 cm³/mol. The molecule has 2 rings (SSSR count). The van der Waals surface area contributed by atoms with Gasteiger partial charge in [-0.3, -0.25) is 9.11 Å². The summed E-state index contributed by atoms with van der Waals surface area (Å²) in [6.45, 7) is 0. The summed E-state index contributed by atoms with van der Waals surface area (Å²) in [7, 11) is -8.49. The summed E-state index contributed by atoms with van der Waals surface area (Å²) >= 11 is 0. The third kappa shape index (κ3) is 3.45. The Morgan fingerprint density at radius 1 is 1.00 bits per heavy atom. The van der Waals surface area contributed by atoms with E-state index in [2.05, 4.69) is 5.32 Å². The molecule has 0 aromatic heterocycles. The van der Waals surface area contributed by atoms with Crippen molar-refractivity contribution in [2.24, 2.45) is 0 Å². The Morgan fingerprint density at radius 3 is 2.30 bits per heavy atom. The molecule has 7 nitrogen and oxygen atoms in total. The lowest BCUT2D eigenvalue weighted by molar-refractivity contribution is 0.482. The Labute approximate surface area is 115 Å². The number of anilines is 1. The summed E-state index contributed by atoms with van der Waals surface area (Å²) in [5.74, 6) is -0.656. The highest BCUT2D eigenvalue weighted by atomic mass is 32.2. The van der Waals surface area contributed by atoms with Gasteiger partial charge in [-0.1, -0.05) is 18.2 Å². The van der Waals surface area contributed by atoms with Crippen LogP contribution in [0.25, 0.3) is 10.8 Å². The van der Waals surface area contributed by atoms with Crippen molar-refractivity contribution < 1.29 is 25.9 Å². The highest BCUT2D eigenvalue weighted by Gasteiger charge is 2.13. The molecule has 3 N–H and O–H groups in total. The van der Waals surface area contributed by atoms with Crippen LogP contribution in [-0.4, -0.2) is 31.8 Å². The second-order valence-electron chi connectivity index (χ2n) is 4.07. The molecule has 2 aromatic carbocycles. The maximum Gasteiger partial charge on any atom is 0.295 e. The van der Waals surface area contributed by atoms with Crippen molar-refractivity contribution in [1.82, 2.24) is 0 Å². The summed E-state index contributed by atoms with van der Waals surface area (Å²) < 4.78 is 61.5. The first kappa shape index (κ1) is 14.7. The van der Waals surface area contributed by atoms with Crippen LogP contribution in [0.4, 0.5) is 5.69 Å². The largest absolute Gasteiger partial charge is 0.370 e. The van der Waals surface area contributed by atoms with Gasteiger partial charge in [-0.25, -0.2) is 0 Å². The smallest absolute Gasteiger partial charge is 0.295 e. The lowest BCUT2D eigenvalue weighted by atomic mass is 10.1. The highest BCUT2D eigenvalue weighted by Crippen LogP contribution is 2.25. The third-order valence-corrected chi connectivity index (χ3v) is 4.00. The Hall–Kier alpha value is -1.68. The minimum atomic E-state index is -4.33. The minimum absolute atomic E-state index is 0.226. The summed E-state index contributed by atoms with van der Waals surface area (Å²) in [5, 5.41) is 3.30. The van der Waals surface area contributed by atoms with Crippen molar-refractivity contribution >= 4 is 36.7 Å². The molecule has 0 radical (unpaired) electrons. The van der Waals surface area contributed by atoms with Crippen LogP contribution in [0, 0.1) is 0 Å². The monoisotopic (exact) mass is 317 g/mol. The molecule has 9 heteroatoms. The van der Waals surface area contributed by atoms with E-state index in [0.717, 1.165) is 0 Å². The molecule has 0 unspecified atom stereocenters. The zero-order chi connectivity index (χ0) is 15.0. The van der Waals surface area contributed by atoms with Crippen molar-refractivity contribution in [3.63, 3.8) is 0 Å². The number of benzene rings is 2. The first-order chi connectivity index (χ1) is 9.17. The molecule has 2 aromatic rings. The Kier molecular flexibility index (Phi) is 3.69. The van der Waals surface area contributed by atoms with Gasteiger partial charge < -0.3 is 5.32 Å². The molecule has 0 atom stereocenters.